The molecule has 5 nitrogen and oxygen atoms in total. The van der Waals surface area contributed by atoms with Gasteiger partial charge in [-0.3, -0.25) is 10.1 Å². The Morgan fingerprint density at radius 1 is 1.18 bits per heavy atom. The molecule has 0 saturated heterocycles. The molecule has 3 N–H and O–H groups in total. The van der Waals surface area contributed by atoms with E-state index in [2.05, 4.69) is 16.0 Å². The van der Waals surface area contributed by atoms with E-state index in [4.69, 9.17) is 0 Å². The Morgan fingerprint density at radius 3 is 2.29 bits per heavy atom. The van der Waals surface area contributed by atoms with E-state index in [-0.39, 0.29) is 12.5 Å². The first-order chi connectivity index (χ1) is 8.04. The highest BCUT2D eigenvalue weighted by Gasteiger charge is 2.07. The Morgan fingerprint density at radius 2 is 1.76 bits per heavy atom. The first kappa shape index (κ1) is 13.0. The molecule has 0 fully saturated rings. The van der Waals surface area contributed by atoms with Gasteiger partial charge in [-0.15, -0.1) is 0 Å². The van der Waals surface area contributed by atoms with Gasteiger partial charge in [-0.1, -0.05) is 18.2 Å². The molecule has 0 aliphatic rings. The second-order valence-electron chi connectivity index (χ2n) is 3.75. The zero-order valence-electron chi connectivity index (χ0n) is 10.3. The number of benzene rings is 1. The molecule has 1 rings (SSSR count). The molecular weight excluding hydrogens is 218 g/mol. The zero-order chi connectivity index (χ0) is 12.8. The van der Waals surface area contributed by atoms with Crippen molar-refractivity contribution in [1.29, 1.82) is 0 Å². The lowest BCUT2D eigenvalue weighted by atomic mass is 10.1. The van der Waals surface area contributed by atoms with Crippen molar-refractivity contribution in [2.24, 2.45) is 0 Å². The molecule has 0 spiro atoms. The fourth-order valence-electron chi connectivity index (χ4n) is 1.50. The van der Waals surface area contributed by atoms with Crippen LogP contribution in [0, 0.1) is 13.8 Å². The van der Waals surface area contributed by atoms with Gasteiger partial charge in [0.05, 0.1) is 6.54 Å². The minimum Gasteiger partial charge on any atom is -0.376 e. The predicted octanol–water partition coefficient (Wildman–Crippen LogP) is 1.17. The van der Waals surface area contributed by atoms with Crippen LogP contribution in [0.1, 0.15) is 11.1 Å². The van der Waals surface area contributed by atoms with Crippen LogP contribution in [0.2, 0.25) is 0 Å². The molecule has 0 aromatic heterocycles. The molecule has 0 atom stereocenters. The summed E-state index contributed by atoms with van der Waals surface area (Å²) in [5.74, 6) is -0.369. The summed E-state index contributed by atoms with van der Waals surface area (Å²) in [6.45, 7) is 4.00. The van der Waals surface area contributed by atoms with Crippen molar-refractivity contribution in [2.45, 2.75) is 13.8 Å². The van der Waals surface area contributed by atoms with Gasteiger partial charge in [-0.2, -0.15) is 0 Å². The van der Waals surface area contributed by atoms with E-state index < -0.39 is 6.03 Å². The molecule has 3 amide bonds. The minimum absolute atomic E-state index is 0.0686. The lowest BCUT2D eigenvalue weighted by molar-refractivity contribution is -0.118. The number of para-hydroxylation sites is 1. The van der Waals surface area contributed by atoms with E-state index in [0.717, 1.165) is 16.8 Å². The van der Waals surface area contributed by atoms with Gasteiger partial charge in [0.1, 0.15) is 0 Å². The van der Waals surface area contributed by atoms with Crippen molar-refractivity contribution in [3.05, 3.63) is 29.3 Å². The van der Waals surface area contributed by atoms with Crippen LogP contribution < -0.4 is 16.0 Å². The van der Waals surface area contributed by atoms with Gasteiger partial charge in [-0.25, -0.2) is 4.79 Å². The van der Waals surface area contributed by atoms with Gasteiger partial charge in [0.2, 0.25) is 5.91 Å². The number of carbonyl (C=O) groups excluding carboxylic acids is 2. The van der Waals surface area contributed by atoms with E-state index in [1.165, 1.54) is 7.05 Å². The molecule has 0 unspecified atom stereocenters. The minimum atomic E-state index is -0.502. The average molecular weight is 235 g/mol. The van der Waals surface area contributed by atoms with Gasteiger partial charge in [0, 0.05) is 12.7 Å². The van der Waals surface area contributed by atoms with Crippen LogP contribution in [0.25, 0.3) is 0 Å². The Hall–Kier alpha value is -2.04. The maximum atomic E-state index is 11.4. The van der Waals surface area contributed by atoms with Gasteiger partial charge >= 0.3 is 6.03 Å². The average Bonchev–Trinajstić information content (AvgIpc) is 2.28. The number of urea groups is 1. The third-order valence-electron chi connectivity index (χ3n) is 2.39. The topological polar surface area (TPSA) is 70.2 Å². The predicted molar refractivity (Wildman–Crippen MR) is 67.0 cm³/mol. The Labute approximate surface area is 101 Å². The fourth-order valence-corrected chi connectivity index (χ4v) is 1.50. The summed E-state index contributed by atoms with van der Waals surface area (Å²) in [7, 11) is 1.46. The van der Waals surface area contributed by atoms with Crippen LogP contribution in [-0.2, 0) is 4.79 Å². The molecule has 92 valence electrons. The number of hydrogen-bond donors (Lipinski definition) is 3. The molecule has 0 saturated carbocycles. The van der Waals surface area contributed by atoms with E-state index in [9.17, 15) is 9.59 Å². The molecule has 17 heavy (non-hydrogen) atoms. The Kier molecular flexibility index (Phi) is 4.51. The van der Waals surface area contributed by atoms with Gasteiger partial charge in [-0.05, 0) is 25.0 Å². The van der Waals surface area contributed by atoms with Crippen molar-refractivity contribution in [1.82, 2.24) is 10.6 Å². The first-order valence-electron chi connectivity index (χ1n) is 5.36. The van der Waals surface area contributed by atoms with E-state index >= 15 is 0 Å². The summed E-state index contributed by atoms with van der Waals surface area (Å²) < 4.78 is 0. The number of hydrogen-bond acceptors (Lipinski definition) is 3. The lowest BCUT2D eigenvalue weighted by Gasteiger charge is -2.12. The fraction of sp³-hybridized carbons (Fsp3) is 0.333. The molecule has 0 aliphatic carbocycles. The molecule has 0 heterocycles. The molecule has 0 aliphatic heterocycles. The van der Waals surface area contributed by atoms with Crippen molar-refractivity contribution in [3.8, 4) is 0 Å². The second-order valence-corrected chi connectivity index (χ2v) is 3.75. The monoisotopic (exact) mass is 235 g/mol. The summed E-state index contributed by atoms with van der Waals surface area (Å²) >= 11 is 0. The van der Waals surface area contributed by atoms with E-state index in [1.807, 2.05) is 32.0 Å². The van der Waals surface area contributed by atoms with Crippen molar-refractivity contribution < 1.29 is 9.59 Å². The summed E-state index contributed by atoms with van der Waals surface area (Å²) in [5.41, 5.74) is 3.06. The maximum absolute atomic E-state index is 11.4. The number of nitrogens with one attached hydrogen (secondary N) is 3. The molecule has 0 radical (unpaired) electrons. The molecule has 0 bridgehead atoms. The number of rotatable bonds is 3. The quantitative estimate of drug-likeness (QED) is 0.736. The van der Waals surface area contributed by atoms with Gasteiger partial charge < -0.3 is 10.6 Å². The Balaban J connectivity index is 2.56. The van der Waals surface area contributed by atoms with Crippen LogP contribution >= 0.6 is 0 Å². The number of aryl methyl sites for hydroxylation is 2. The molecular formula is C12H17N3O2. The standard InChI is InChI=1S/C12H17N3O2/c1-8-5-4-6-9(2)11(8)14-7-10(16)15-12(17)13-3/h4-6,14H,7H2,1-3H3,(H2,13,15,16,17). The third kappa shape index (κ3) is 3.79. The SMILES string of the molecule is CNC(=O)NC(=O)CNc1c(C)cccc1C. The molecule has 1 aromatic rings. The van der Waals surface area contributed by atoms with Crippen molar-refractivity contribution >= 4 is 17.6 Å². The smallest absolute Gasteiger partial charge is 0.321 e. The van der Waals surface area contributed by atoms with Crippen molar-refractivity contribution in [3.63, 3.8) is 0 Å². The highest BCUT2D eigenvalue weighted by Crippen LogP contribution is 2.18. The van der Waals surface area contributed by atoms with Crippen LogP contribution in [0.15, 0.2) is 18.2 Å². The number of imide groups is 1. The highest BCUT2D eigenvalue weighted by atomic mass is 16.2. The zero-order valence-corrected chi connectivity index (χ0v) is 10.3. The number of amides is 3. The molecule has 1 aromatic carbocycles. The van der Waals surface area contributed by atoms with Gasteiger partial charge in [0.25, 0.3) is 0 Å². The highest BCUT2D eigenvalue weighted by molar-refractivity contribution is 5.96. The summed E-state index contributed by atoms with van der Waals surface area (Å²) in [5, 5.41) is 7.52. The van der Waals surface area contributed by atoms with Crippen LogP contribution in [0.4, 0.5) is 10.5 Å². The van der Waals surface area contributed by atoms with Crippen molar-refractivity contribution in [2.75, 3.05) is 18.9 Å². The van der Waals surface area contributed by atoms with Gasteiger partial charge in [0.15, 0.2) is 0 Å². The van der Waals surface area contributed by atoms with Crippen LogP contribution in [0.3, 0.4) is 0 Å². The summed E-state index contributed by atoms with van der Waals surface area (Å²) in [6.07, 6.45) is 0. The summed E-state index contributed by atoms with van der Waals surface area (Å²) in [6, 6.07) is 5.39. The first-order valence-corrected chi connectivity index (χ1v) is 5.36. The normalized spacial score (nSPS) is 9.59. The summed E-state index contributed by atoms with van der Waals surface area (Å²) in [4.78, 5) is 22.3. The van der Waals surface area contributed by atoms with E-state index in [0.29, 0.717) is 0 Å². The number of anilines is 1. The number of carbonyl (C=O) groups is 2. The van der Waals surface area contributed by atoms with E-state index in [1.54, 1.807) is 0 Å². The lowest BCUT2D eigenvalue weighted by Crippen LogP contribution is -2.40. The largest absolute Gasteiger partial charge is 0.376 e. The van der Waals surface area contributed by atoms with Crippen LogP contribution in [-0.4, -0.2) is 25.5 Å². The van der Waals surface area contributed by atoms with Crippen LogP contribution in [0.5, 0.6) is 0 Å². The molecule has 5 heteroatoms. The Bertz CT molecular complexity index is 410. The third-order valence-corrected chi connectivity index (χ3v) is 2.39. The second kappa shape index (κ2) is 5.89. The maximum Gasteiger partial charge on any atom is 0.321 e.